The molecule has 3 N–H and O–H groups in total. The number of anilines is 1. The highest BCUT2D eigenvalue weighted by molar-refractivity contribution is 6.32. The van der Waals surface area contributed by atoms with Crippen LogP contribution in [0.25, 0.3) is 0 Å². The van der Waals surface area contributed by atoms with Gasteiger partial charge in [0.1, 0.15) is 17.4 Å². The van der Waals surface area contributed by atoms with Crippen molar-refractivity contribution in [1.29, 1.82) is 0 Å². The third-order valence-corrected chi connectivity index (χ3v) is 7.11. The van der Waals surface area contributed by atoms with Crippen molar-refractivity contribution >= 4 is 34.9 Å². The maximum absolute atomic E-state index is 12.9. The maximum atomic E-state index is 12.9. The van der Waals surface area contributed by atoms with Crippen LogP contribution in [0, 0.1) is 11.8 Å². The highest BCUT2D eigenvalue weighted by Crippen LogP contribution is 2.37. The molecule has 1 saturated carbocycles. The number of Topliss-reactive ketones (excluding diaryl/α,β-unsaturated/α-hetero) is 1. The van der Waals surface area contributed by atoms with Crippen LogP contribution < -0.4 is 20.1 Å². The second kappa shape index (κ2) is 11.1. The van der Waals surface area contributed by atoms with Gasteiger partial charge in [-0.2, -0.15) is 0 Å². The highest BCUT2D eigenvalue weighted by atomic mass is 35.5. The summed E-state index contributed by atoms with van der Waals surface area (Å²) in [5.41, 5.74) is 0.693. The number of methoxy groups -OCH3 is 1. The molecule has 0 spiro atoms. The summed E-state index contributed by atoms with van der Waals surface area (Å²) in [6, 6.07) is 11.5. The van der Waals surface area contributed by atoms with Crippen LogP contribution in [0.3, 0.4) is 0 Å². The SMILES string of the molecule is COc1cccc(OC2(O)CCC(NC(=O)CC3C(=O)Nc4cc(Cl)ccc4C3=O)CC2CN(C)C)c1. The van der Waals surface area contributed by atoms with Gasteiger partial charge in [0.05, 0.1) is 12.8 Å². The topological polar surface area (TPSA) is 117 Å². The molecule has 9 nitrogen and oxygen atoms in total. The first-order valence-corrected chi connectivity index (χ1v) is 12.6. The fourth-order valence-corrected chi connectivity index (χ4v) is 5.21. The van der Waals surface area contributed by atoms with Crippen LogP contribution in [0.5, 0.6) is 11.5 Å². The van der Waals surface area contributed by atoms with Crippen LogP contribution in [-0.2, 0) is 9.59 Å². The van der Waals surface area contributed by atoms with E-state index in [-0.39, 0.29) is 18.4 Å². The van der Waals surface area contributed by atoms with Crippen molar-refractivity contribution in [3.8, 4) is 11.5 Å². The van der Waals surface area contributed by atoms with E-state index in [0.29, 0.717) is 53.6 Å². The average Bonchev–Trinajstić information content (AvgIpc) is 2.83. The van der Waals surface area contributed by atoms with Crippen molar-refractivity contribution in [2.75, 3.05) is 33.1 Å². The molecule has 4 rings (SSSR count). The number of rotatable bonds is 8. The molecule has 37 heavy (non-hydrogen) atoms. The summed E-state index contributed by atoms with van der Waals surface area (Å²) in [4.78, 5) is 40.3. The van der Waals surface area contributed by atoms with E-state index in [9.17, 15) is 19.5 Å². The van der Waals surface area contributed by atoms with Gasteiger partial charge in [-0.1, -0.05) is 17.7 Å². The quantitative estimate of drug-likeness (QED) is 0.355. The van der Waals surface area contributed by atoms with Crippen molar-refractivity contribution in [3.63, 3.8) is 0 Å². The molecule has 2 aliphatic rings. The summed E-state index contributed by atoms with van der Waals surface area (Å²) < 4.78 is 11.3. The summed E-state index contributed by atoms with van der Waals surface area (Å²) in [7, 11) is 5.38. The minimum Gasteiger partial charge on any atom is -0.497 e. The van der Waals surface area contributed by atoms with Gasteiger partial charge in [0.15, 0.2) is 5.78 Å². The Morgan fingerprint density at radius 1 is 1.22 bits per heavy atom. The monoisotopic (exact) mass is 529 g/mol. The predicted molar refractivity (Wildman–Crippen MR) is 139 cm³/mol. The molecule has 1 fully saturated rings. The Morgan fingerprint density at radius 3 is 2.70 bits per heavy atom. The van der Waals surface area contributed by atoms with Crippen LogP contribution in [0.1, 0.15) is 36.0 Å². The Morgan fingerprint density at radius 2 is 1.97 bits per heavy atom. The molecule has 0 aromatic heterocycles. The minimum absolute atomic E-state index is 0.237. The van der Waals surface area contributed by atoms with E-state index in [1.807, 2.05) is 19.0 Å². The van der Waals surface area contributed by atoms with Crippen molar-refractivity contribution in [2.45, 2.75) is 37.5 Å². The zero-order chi connectivity index (χ0) is 26.7. The number of aliphatic hydroxyl groups is 1. The Labute approximate surface area is 221 Å². The zero-order valence-electron chi connectivity index (χ0n) is 21.1. The van der Waals surface area contributed by atoms with Crippen LogP contribution in [0.15, 0.2) is 42.5 Å². The Bertz CT molecular complexity index is 1190. The van der Waals surface area contributed by atoms with E-state index in [1.54, 1.807) is 43.5 Å². The van der Waals surface area contributed by atoms with Crippen LogP contribution in [0.4, 0.5) is 5.69 Å². The first kappa shape index (κ1) is 26.9. The number of halogens is 1. The van der Waals surface area contributed by atoms with Gasteiger partial charge in [-0.25, -0.2) is 0 Å². The second-order valence-electron chi connectivity index (χ2n) is 9.92. The summed E-state index contributed by atoms with van der Waals surface area (Å²) in [5.74, 6) is -3.03. The van der Waals surface area contributed by atoms with Gasteiger partial charge >= 0.3 is 0 Å². The maximum Gasteiger partial charge on any atom is 0.235 e. The molecule has 2 aromatic rings. The number of carbonyl (C=O) groups excluding carboxylic acids is 3. The molecule has 1 aliphatic heterocycles. The van der Waals surface area contributed by atoms with Gasteiger partial charge in [-0.15, -0.1) is 0 Å². The third kappa shape index (κ3) is 6.23. The number of ether oxygens (including phenoxy) is 2. The number of carbonyl (C=O) groups is 3. The van der Waals surface area contributed by atoms with Gasteiger partial charge in [0.25, 0.3) is 0 Å². The van der Waals surface area contributed by atoms with E-state index < -0.39 is 29.3 Å². The van der Waals surface area contributed by atoms with Crippen LogP contribution >= 0.6 is 11.6 Å². The average molecular weight is 530 g/mol. The van der Waals surface area contributed by atoms with Crippen LogP contribution in [-0.4, -0.2) is 67.2 Å². The lowest BCUT2D eigenvalue weighted by atomic mass is 9.79. The van der Waals surface area contributed by atoms with Gasteiger partial charge < -0.3 is 30.1 Å². The molecule has 4 unspecified atom stereocenters. The van der Waals surface area contributed by atoms with E-state index in [1.165, 1.54) is 6.07 Å². The number of nitrogens with zero attached hydrogens (tertiary/aromatic N) is 1. The first-order chi connectivity index (χ1) is 17.6. The number of amides is 2. The number of hydrogen-bond donors (Lipinski definition) is 3. The van der Waals surface area contributed by atoms with E-state index in [2.05, 4.69) is 10.6 Å². The number of benzene rings is 2. The molecule has 0 bridgehead atoms. The minimum atomic E-state index is -1.43. The first-order valence-electron chi connectivity index (χ1n) is 12.2. The number of ketones is 1. The van der Waals surface area contributed by atoms with E-state index in [4.69, 9.17) is 21.1 Å². The summed E-state index contributed by atoms with van der Waals surface area (Å²) >= 11 is 5.96. The molecular weight excluding hydrogens is 498 g/mol. The summed E-state index contributed by atoms with van der Waals surface area (Å²) in [6.45, 7) is 0.537. The largest absolute Gasteiger partial charge is 0.497 e. The fraction of sp³-hybridized carbons (Fsp3) is 0.444. The standard InChI is InChI=1S/C27H32ClN3O6/c1-31(2)15-16-11-18(9-10-27(16,35)37-20-6-4-5-19(13-20)36-3)29-24(32)14-22-25(33)21-8-7-17(28)12-23(21)30-26(22)34/h4-8,12-13,16,18,22,35H,9-11,14-15H2,1-3H3,(H,29,32)(H,30,34). The molecule has 0 radical (unpaired) electrons. The van der Waals surface area contributed by atoms with Crippen molar-refractivity contribution in [2.24, 2.45) is 11.8 Å². The Hall–Kier alpha value is -3.14. The number of nitrogens with one attached hydrogen (secondary N) is 2. The predicted octanol–water partition coefficient (Wildman–Crippen LogP) is 3.10. The molecule has 10 heteroatoms. The molecular formula is C27H32ClN3O6. The summed E-state index contributed by atoms with van der Waals surface area (Å²) in [6.07, 6.45) is 0.982. The molecule has 2 amide bonds. The van der Waals surface area contributed by atoms with E-state index >= 15 is 0 Å². The Kier molecular flexibility index (Phi) is 8.06. The lowest BCUT2D eigenvalue weighted by Gasteiger charge is -2.43. The van der Waals surface area contributed by atoms with Gasteiger partial charge in [0, 0.05) is 48.0 Å². The lowest BCUT2D eigenvalue weighted by molar-refractivity contribution is -0.202. The molecule has 198 valence electrons. The normalized spacial score (nSPS) is 25.3. The van der Waals surface area contributed by atoms with Crippen molar-refractivity contribution < 1.29 is 29.0 Å². The third-order valence-electron chi connectivity index (χ3n) is 6.87. The number of hydrogen-bond acceptors (Lipinski definition) is 7. The van der Waals surface area contributed by atoms with E-state index in [0.717, 1.165) is 0 Å². The van der Waals surface area contributed by atoms with Gasteiger partial charge in [-0.05, 0) is 57.3 Å². The van der Waals surface area contributed by atoms with Crippen molar-refractivity contribution in [1.82, 2.24) is 10.2 Å². The second-order valence-corrected chi connectivity index (χ2v) is 10.4. The fourth-order valence-electron chi connectivity index (χ4n) is 5.04. The Balaban J connectivity index is 1.41. The van der Waals surface area contributed by atoms with Gasteiger partial charge in [0.2, 0.25) is 17.6 Å². The number of fused-ring (bicyclic) bond motifs is 1. The lowest BCUT2D eigenvalue weighted by Crippen LogP contribution is -2.55. The molecule has 1 heterocycles. The highest BCUT2D eigenvalue weighted by Gasteiger charge is 2.45. The smallest absolute Gasteiger partial charge is 0.235 e. The van der Waals surface area contributed by atoms with Crippen LogP contribution in [0.2, 0.25) is 5.02 Å². The summed E-state index contributed by atoms with van der Waals surface area (Å²) in [5, 5.41) is 17.5. The molecule has 4 atom stereocenters. The zero-order valence-corrected chi connectivity index (χ0v) is 21.9. The van der Waals surface area contributed by atoms with Gasteiger partial charge in [-0.3, -0.25) is 14.4 Å². The molecule has 1 aliphatic carbocycles. The molecule has 2 aromatic carbocycles. The molecule has 0 saturated heterocycles. The van der Waals surface area contributed by atoms with Crippen molar-refractivity contribution in [3.05, 3.63) is 53.1 Å².